The van der Waals surface area contributed by atoms with Gasteiger partial charge >= 0.3 is 0 Å². The van der Waals surface area contributed by atoms with E-state index in [-0.39, 0.29) is 5.82 Å². The fourth-order valence-corrected chi connectivity index (χ4v) is 2.69. The van der Waals surface area contributed by atoms with E-state index in [0.717, 1.165) is 35.5 Å². The number of benzene rings is 1. The summed E-state index contributed by atoms with van der Waals surface area (Å²) < 4.78 is 14.1. The fourth-order valence-electron chi connectivity index (χ4n) is 2.18. The van der Waals surface area contributed by atoms with Gasteiger partial charge in [-0.3, -0.25) is 4.90 Å². The Kier molecular flexibility index (Phi) is 4.57. The SMILES string of the molecule is CCCN(Cc1cc(F)cc(Br)c1)CC1CC1. The third-order valence-corrected chi connectivity index (χ3v) is 3.54. The van der Waals surface area contributed by atoms with Gasteiger partial charge in [0.1, 0.15) is 5.82 Å². The number of hydrogen-bond acceptors (Lipinski definition) is 1. The van der Waals surface area contributed by atoms with Gasteiger partial charge in [0.15, 0.2) is 0 Å². The van der Waals surface area contributed by atoms with Gasteiger partial charge in [-0.15, -0.1) is 0 Å². The number of nitrogens with zero attached hydrogens (tertiary/aromatic N) is 1. The summed E-state index contributed by atoms with van der Waals surface area (Å²) >= 11 is 3.35. The van der Waals surface area contributed by atoms with Crippen LogP contribution in [0.5, 0.6) is 0 Å². The normalized spacial score (nSPS) is 15.5. The van der Waals surface area contributed by atoms with Crippen LogP contribution >= 0.6 is 15.9 Å². The summed E-state index contributed by atoms with van der Waals surface area (Å²) in [6, 6.07) is 5.16. The average molecular weight is 300 g/mol. The van der Waals surface area contributed by atoms with E-state index in [1.54, 1.807) is 6.07 Å². The quantitative estimate of drug-likeness (QED) is 0.760. The van der Waals surface area contributed by atoms with Gasteiger partial charge in [-0.2, -0.15) is 0 Å². The standard InChI is InChI=1S/C14H19BrFN/c1-2-5-17(9-11-3-4-11)10-12-6-13(15)8-14(16)7-12/h6-8,11H,2-5,9-10H2,1H3. The fraction of sp³-hybridized carbons (Fsp3) is 0.571. The molecule has 0 radical (unpaired) electrons. The van der Waals surface area contributed by atoms with E-state index < -0.39 is 0 Å². The Morgan fingerprint density at radius 3 is 2.71 bits per heavy atom. The second-order valence-corrected chi connectivity index (χ2v) is 5.87. The predicted molar refractivity (Wildman–Crippen MR) is 72.4 cm³/mol. The largest absolute Gasteiger partial charge is 0.299 e. The molecule has 0 heterocycles. The molecule has 0 unspecified atom stereocenters. The Morgan fingerprint density at radius 2 is 2.12 bits per heavy atom. The van der Waals surface area contributed by atoms with Crippen molar-refractivity contribution in [3.8, 4) is 0 Å². The maximum Gasteiger partial charge on any atom is 0.124 e. The summed E-state index contributed by atoms with van der Waals surface area (Å²) in [5.41, 5.74) is 1.06. The van der Waals surface area contributed by atoms with Crippen molar-refractivity contribution in [3.63, 3.8) is 0 Å². The van der Waals surface area contributed by atoms with Crippen LogP contribution in [0.15, 0.2) is 22.7 Å². The molecule has 0 aromatic heterocycles. The average Bonchev–Trinajstić information content (AvgIpc) is 3.00. The molecule has 0 saturated heterocycles. The van der Waals surface area contributed by atoms with E-state index in [1.807, 2.05) is 6.07 Å². The molecule has 0 bridgehead atoms. The van der Waals surface area contributed by atoms with Crippen LogP contribution in [0.1, 0.15) is 31.7 Å². The smallest absolute Gasteiger partial charge is 0.124 e. The van der Waals surface area contributed by atoms with E-state index in [9.17, 15) is 4.39 Å². The molecule has 94 valence electrons. The Morgan fingerprint density at radius 1 is 1.35 bits per heavy atom. The summed E-state index contributed by atoms with van der Waals surface area (Å²) in [7, 11) is 0. The maximum absolute atomic E-state index is 13.3. The van der Waals surface area contributed by atoms with Gasteiger partial charge in [-0.25, -0.2) is 4.39 Å². The van der Waals surface area contributed by atoms with Crippen LogP contribution in [0.25, 0.3) is 0 Å². The molecule has 0 amide bonds. The zero-order valence-electron chi connectivity index (χ0n) is 10.3. The monoisotopic (exact) mass is 299 g/mol. The second-order valence-electron chi connectivity index (χ2n) is 4.96. The summed E-state index contributed by atoms with van der Waals surface area (Å²) in [6.45, 7) is 5.33. The topological polar surface area (TPSA) is 3.24 Å². The molecule has 0 atom stereocenters. The zero-order chi connectivity index (χ0) is 12.3. The molecule has 0 spiro atoms. The number of rotatable bonds is 6. The molecular formula is C14H19BrFN. The van der Waals surface area contributed by atoms with Gasteiger partial charge in [-0.1, -0.05) is 22.9 Å². The van der Waals surface area contributed by atoms with Crippen molar-refractivity contribution in [3.05, 3.63) is 34.1 Å². The first kappa shape index (κ1) is 13.0. The first-order valence-electron chi connectivity index (χ1n) is 6.34. The van der Waals surface area contributed by atoms with E-state index >= 15 is 0 Å². The van der Waals surface area contributed by atoms with Gasteiger partial charge in [0.25, 0.3) is 0 Å². The van der Waals surface area contributed by atoms with Crippen molar-refractivity contribution < 1.29 is 4.39 Å². The van der Waals surface area contributed by atoms with Gasteiger partial charge in [0.05, 0.1) is 0 Å². The third kappa shape index (κ3) is 4.40. The summed E-state index contributed by atoms with van der Waals surface area (Å²) in [5.74, 6) is 0.732. The minimum Gasteiger partial charge on any atom is -0.299 e. The lowest BCUT2D eigenvalue weighted by Gasteiger charge is -2.21. The molecule has 0 N–H and O–H groups in total. The van der Waals surface area contributed by atoms with Crippen molar-refractivity contribution in [1.29, 1.82) is 0 Å². The van der Waals surface area contributed by atoms with Crippen molar-refractivity contribution in [1.82, 2.24) is 4.90 Å². The van der Waals surface area contributed by atoms with Crippen LogP contribution in [0.2, 0.25) is 0 Å². The first-order valence-corrected chi connectivity index (χ1v) is 7.14. The molecule has 2 rings (SSSR count). The Hall–Kier alpha value is -0.410. The highest BCUT2D eigenvalue weighted by molar-refractivity contribution is 9.10. The molecule has 0 aliphatic heterocycles. The Balaban J connectivity index is 1.99. The highest BCUT2D eigenvalue weighted by Gasteiger charge is 2.23. The van der Waals surface area contributed by atoms with E-state index in [0.29, 0.717) is 0 Å². The summed E-state index contributed by atoms with van der Waals surface area (Å²) in [6.07, 6.45) is 3.89. The minimum atomic E-state index is -0.155. The summed E-state index contributed by atoms with van der Waals surface area (Å²) in [4.78, 5) is 2.44. The van der Waals surface area contributed by atoms with Gasteiger partial charge in [0, 0.05) is 17.6 Å². The van der Waals surface area contributed by atoms with E-state index in [4.69, 9.17) is 0 Å². The molecular weight excluding hydrogens is 281 g/mol. The van der Waals surface area contributed by atoms with Crippen LogP contribution in [0.3, 0.4) is 0 Å². The van der Waals surface area contributed by atoms with Crippen LogP contribution in [-0.2, 0) is 6.54 Å². The predicted octanol–water partition coefficient (Wildman–Crippen LogP) is 4.21. The highest BCUT2D eigenvalue weighted by Crippen LogP contribution is 2.30. The van der Waals surface area contributed by atoms with Crippen LogP contribution in [0, 0.1) is 11.7 Å². The Labute approximate surface area is 111 Å². The number of halogens is 2. The van der Waals surface area contributed by atoms with Gasteiger partial charge < -0.3 is 0 Å². The van der Waals surface area contributed by atoms with E-state index in [1.165, 1.54) is 25.5 Å². The number of hydrogen-bond donors (Lipinski definition) is 0. The van der Waals surface area contributed by atoms with Crippen LogP contribution in [-0.4, -0.2) is 18.0 Å². The highest BCUT2D eigenvalue weighted by atomic mass is 79.9. The molecule has 17 heavy (non-hydrogen) atoms. The molecule has 3 heteroatoms. The molecule has 1 aliphatic carbocycles. The molecule has 1 aromatic carbocycles. The second kappa shape index (κ2) is 5.96. The molecule has 1 saturated carbocycles. The zero-order valence-corrected chi connectivity index (χ0v) is 11.8. The van der Waals surface area contributed by atoms with Gasteiger partial charge in [0.2, 0.25) is 0 Å². The maximum atomic E-state index is 13.3. The lowest BCUT2D eigenvalue weighted by molar-refractivity contribution is 0.255. The third-order valence-electron chi connectivity index (χ3n) is 3.08. The lowest BCUT2D eigenvalue weighted by atomic mass is 10.2. The molecule has 1 nitrogen and oxygen atoms in total. The molecule has 1 fully saturated rings. The van der Waals surface area contributed by atoms with Crippen molar-refractivity contribution in [2.75, 3.05) is 13.1 Å². The molecule has 1 aromatic rings. The summed E-state index contributed by atoms with van der Waals surface area (Å²) in [5, 5.41) is 0. The van der Waals surface area contributed by atoms with Crippen LogP contribution in [0.4, 0.5) is 4.39 Å². The first-order chi connectivity index (χ1) is 8.17. The van der Waals surface area contributed by atoms with Crippen LogP contribution < -0.4 is 0 Å². The lowest BCUT2D eigenvalue weighted by Crippen LogP contribution is -2.26. The minimum absolute atomic E-state index is 0.155. The van der Waals surface area contributed by atoms with Crippen molar-refractivity contribution in [2.24, 2.45) is 5.92 Å². The molecule has 1 aliphatic rings. The van der Waals surface area contributed by atoms with Crippen molar-refractivity contribution >= 4 is 15.9 Å². The van der Waals surface area contributed by atoms with Crippen molar-refractivity contribution in [2.45, 2.75) is 32.7 Å². The Bertz CT molecular complexity index is 356. The van der Waals surface area contributed by atoms with Gasteiger partial charge in [-0.05, 0) is 55.5 Å². The van der Waals surface area contributed by atoms with E-state index in [2.05, 4.69) is 27.8 Å².